The van der Waals surface area contributed by atoms with Crippen molar-refractivity contribution < 1.29 is 55.0 Å². The molecular formula is C24H20F5NO7S. The molecule has 204 valence electrons. The Morgan fingerprint density at radius 2 is 1.55 bits per heavy atom. The summed E-state index contributed by atoms with van der Waals surface area (Å²) in [7, 11) is 0. The molecular weight excluding hydrogens is 541 g/mol. The molecule has 0 spiro atoms. The van der Waals surface area contributed by atoms with Crippen molar-refractivity contribution in [1.82, 2.24) is 0 Å². The van der Waals surface area contributed by atoms with Crippen LogP contribution >= 0.6 is 11.3 Å². The number of amides is 1. The lowest BCUT2D eigenvalue weighted by atomic mass is 10.1. The molecule has 3 rings (SSSR count). The summed E-state index contributed by atoms with van der Waals surface area (Å²) < 4.78 is 87.5. The molecule has 0 aliphatic heterocycles. The number of ether oxygens (including phenoxy) is 3. The number of halogens is 5. The van der Waals surface area contributed by atoms with Gasteiger partial charge in [-0.25, -0.2) is 22.8 Å². The Morgan fingerprint density at radius 1 is 0.921 bits per heavy atom. The normalized spacial score (nSPS) is 10.8. The van der Waals surface area contributed by atoms with Gasteiger partial charge in [0.1, 0.15) is 22.2 Å². The SMILES string of the molecule is CCCOC(=O)c1c(NC(=O)c2ccc(COc3c(F)c(F)c(F)c(F)c3F)o2)sc(C(=O)OCC)c1C. The zero-order valence-electron chi connectivity index (χ0n) is 20.1. The van der Waals surface area contributed by atoms with Gasteiger partial charge in [-0.1, -0.05) is 6.92 Å². The largest absolute Gasteiger partial charge is 0.479 e. The number of hydrogen-bond acceptors (Lipinski definition) is 8. The molecule has 0 unspecified atom stereocenters. The summed E-state index contributed by atoms with van der Waals surface area (Å²) in [5.74, 6) is -15.5. The maximum Gasteiger partial charge on any atom is 0.348 e. The summed E-state index contributed by atoms with van der Waals surface area (Å²) in [4.78, 5) is 37.7. The van der Waals surface area contributed by atoms with Gasteiger partial charge in [0.15, 0.2) is 11.5 Å². The fraction of sp³-hybridized carbons (Fsp3) is 0.292. The lowest BCUT2D eigenvalue weighted by molar-refractivity contribution is 0.0506. The van der Waals surface area contributed by atoms with E-state index in [9.17, 15) is 36.3 Å². The van der Waals surface area contributed by atoms with E-state index >= 15 is 0 Å². The Balaban J connectivity index is 1.81. The van der Waals surface area contributed by atoms with Crippen molar-refractivity contribution in [3.05, 3.63) is 68.7 Å². The van der Waals surface area contributed by atoms with Crippen LogP contribution in [0.1, 0.15) is 62.2 Å². The molecule has 0 bridgehead atoms. The van der Waals surface area contributed by atoms with Crippen molar-refractivity contribution in [3.63, 3.8) is 0 Å². The quantitative estimate of drug-likeness (QED) is 0.142. The number of hydrogen-bond donors (Lipinski definition) is 1. The maximum atomic E-state index is 13.8. The first-order chi connectivity index (χ1) is 18.0. The number of carbonyl (C=O) groups is 3. The average Bonchev–Trinajstić information content (AvgIpc) is 3.49. The Hall–Kier alpha value is -3.94. The Bertz CT molecular complexity index is 1360. The number of benzene rings is 1. The monoisotopic (exact) mass is 561 g/mol. The molecule has 14 heteroatoms. The number of rotatable bonds is 10. The van der Waals surface area contributed by atoms with E-state index in [4.69, 9.17) is 18.6 Å². The molecule has 3 aromatic rings. The van der Waals surface area contributed by atoms with E-state index in [1.54, 1.807) is 13.8 Å². The number of anilines is 1. The Morgan fingerprint density at radius 3 is 2.16 bits per heavy atom. The summed E-state index contributed by atoms with van der Waals surface area (Å²) in [5, 5.41) is 2.42. The topological polar surface area (TPSA) is 104 Å². The van der Waals surface area contributed by atoms with Gasteiger partial charge in [0.05, 0.1) is 18.8 Å². The molecule has 0 saturated heterocycles. The van der Waals surface area contributed by atoms with Crippen LogP contribution < -0.4 is 10.1 Å². The zero-order valence-corrected chi connectivity index (χ0v) is 21.0. The average molecular weight is 561 g/mol. The molecule has 0 saturated carbocycles. The molecule has 0 atom stereocenters. The maximum absolute atomic E-state index is 13.8. The first-order valence-corrected chi connectivity index (χ1v) is 11.8. The van der Waals surface area contributed by atoms with E-state index in [0.717, 1.165) is 17.4 Å². The molecule has 0 aliphatic carbocycles. The first-order valence-electron chi connectivity index (χ1n) is 11.0. The van der Waals surface area contributed by atoms with Crippen LogP contribution in [0.25, 0.3) is 0 Å². The van der Waals surface area contributed by atoms with E-state index in [1.807, 2.05) is 0 Å². The van der Waals surface area contributed by atoms with Gasteiger partial charge >= 0.3 is 11.9 Å². The summed E-state index contributed by atoms with van der Waals surface area (Å²) in [6.07, 6.45) is 0.531. The highest BCUT2D eigenvalue weighted by Crippen LogP contribution is 2.35. The molecule has 8 nitrogen and oxygen atoms in total. The summed E-state index contributed by atoms with van der Waals surface area (Å²) in [6, 6.07) is 2.31. The number of furan rings is 1. The number of thiophene rings is 1. The molecule has 0 fully saturated rings. The molecule has 0 radical (unpaired) electrons. The summed E-state index contributed by atoms with van der Waals surface area (Å²) >= 11 is 0.782. The zero-order chi connectivity index (χ0) is 28.1. The van der Waals surface area contributed by atoms with Gasteiger partial charge < -0.3 is 23.9 Å². The van der Waals surface area contributed by atoms with Gasteiger partial charge in [-0.2, -0.15) is 8.78 Å². The number of carbonyl (C=O) groups excluding carboxylic acids is 3. The number of nitrogens with one attached hydrogen (secondary N) is 1. The molecule has 38 heavy (non-hydrogen) atoms. The van der Waals surface area contributed by atoms with Gasteiger partial charge in [-0.3, -0.25) is 4.79 Å². The van der Waals surface area contributed by atoms with Crippen LogP contribution in [-0.4, -0.2) is 31.1 Å². The predicted octanol–water partition coefficient (Wildman–Crippen LogP) is 5.92. The second-order valence-electron chi connectivity index (χ2n) is 7.52. The van der Waals surface area contributed by atoms with E-state index in [2.05, 4.69) is 5.32 Å². The van der Waals surface area contributed by atoms with Crippen LogP contribution in [0.3, 0.4) is 0 Å². The van der Waals surface area contributed by atoms with Crippen LogP contribution in [-0.2, 0) is 16.1 Å². The molecule has 2 heterocycles. The van der Waals surface area contributed by atoms with Gasteiger partial charge in [-0.05, 0) is 38.0 Å². The van der Waals surface area contributed by atoms with Crippen LogP contribution in [0.4, 0.5) is 27.0 Å². The Labute approximate surface area is 216 Å². The first kappa shape index (κ1) is 28.6. The van der Waals surface area contributed by atoms with Gasteiger partial charge in [-0.15, -0.1) is 11.3 Å². The number of esters is 2. The van der Waals surface area contributed by atoms with Crippen molar-refractivity contribution in [2.24, 2.45) is 0 Å². The minimum Gasteiger partial charge on any atom is -0.479 e. The van der Waals surface area contributed by atoms with Gasteiger partial charge in [0.2, 0.25) is 29.1 Å². The third-order valence-corrected chi connectivity index (χ3v) is 6.08. The second kappa shape index (κ2) is 12.1. The van der Waals surface area contributed by atoms with Crippen LogP contribution in [0.15, 0.2) is 16.5 Å². The fourth-order valence-electron chi connectivity index (χ4n) is 3.10. The minimum absolute atomic E-state index is 0.0211. The van der Waals surface area contributed by atoms with Crippen LogP contribution in [0.5, 0.6) is 5.75 Å². The second-order valence-corrected chi connectivity index (χ2v) is 8.55. The highest BCUT2D eigenvalue weighted by atomic mass is 32.1. The highest BCUT2D eigenvalue weighted by Gasteiger charge is 2.29. The third kappa shape index (κ3) is 5.79. The summed E-state index contributed by atoms with van der Waals surface area (Å²) in [6.45, 7) is 4.26. The predicted molar refractivity (Wildman–Crippen MR) is 123 cm³/mol. The fourth-order valence-corrected chi connectivity index (χ4v) is 4.19. The molecule has 0 aliphatic rings. The van der Waals surface area contributed by atoms with E-state index < -0.39 is 59.3 Å². The van der Waals surface area contributed by atoms with Crippen molar-refractivity contribution in [3.8, 4) is 5.75 Å². The highest BCUT2D eigenvalue weighted by molar-refractivity contribution is 7.18. The standard InChI is InChI=1S/C24H20F5NO7S/c1-4-8-35-23(32)13-10(3)20(24(33)34-5-2)38-22(13)30-21(31)12-7-6-11(37-12)9-36-19-17(28)15(26)14(25)16(27)18(19)29/h6-7H,4-5,8-9H2,1-3H3,(H,30,31). The molecule has 1 amide bonds. The minimum atomic E-state index is -2.34. The van der Waals surface area contributed by atoms with Crippen LogP contribution in [0, 0.1) is 36.0 Å². The lowest BCUT2D eigenvalue weighted by Crippen LogP contribution is -2.14. The molecule has 1 N–H and O–H groups in total. The smallest absolute Gasteiger partial charge is 0.348 e. The molecule has 2 aromatic heterocycles. The molecule has 1 aromatic carbocycles. The van der Waals surface area contributed by atoms with Gasteiger partial charge in [0, 0.05) is 0 Å². The van der Waals surface area contributed by atoms with Crippen molar-refractivity contribution in [1.29, 1.82) is 0 Å². The van der Waals surface area contributed by atoms with Crippen molar-refractivity contribution in [2.75, 3.05) is 18.5 Å². The van der Waals surface area contributed by atoms with E-state index in [-0.39, 0.29) is 45.7 Å². The van der Waals surface area contributed by atoms with Gasteiger partial charge in [0.25, 0.3) is 5.91 Å². The van der Waals surface area contributed by atoms with Crippen molar-refractivity contribution in [2.45, 2.75) is 33.8 Å². The van der Waals surface area contributed by atoms with Crippen molar-refractivity contribution >= 4 is 34.2 Å². The van der Waals surface area contributed by atoms with E-state index in [1.165, 1.54) is 13.0 Å². The Kier molecular flexibility index (Phi) is 9.09. The van der Waals surface area contributed by atoms with Crippen LogP contribution in [0.2, 0.25) is 0 Å². The lowest BCUT2D eigenvalue weighted by Gasteiger charge is -2.09. The summed E-state index contributed by atoms with van der Waals surface area (Å²) in [5.41, 5.74) is 0.183. The van der Waals surface area contributed by atoms with E-state index in [0.29, 0.717) is 6.42 Å². The third-order valence-electron chi connectivity index (χ3n) is 4.89.